The van der Waals surface area contributed by atoms with E-state index in [1.54, 1.807) is 5.01 Å². The number of nitrogens with zero attached hydrogens (tertiary/aromatic N) is 2. The van der Waals surface area contributed by atoms with Gasteiger partial charge in [-0.05, 0) is 79.5 Å². The third-order valence-corrected chi connectivity index (χ3v) is 7.08. The van der Waals surface area contributed by atoms with Gasteiger partial charge in [-0.2, -0.15) is 0 Å². The monoisotopic (exact) mass is 457 g/mol. The van der Waals surface area contributed by atoms with Crippen molar-refractivity contribution < 1.29 is 13.2 Å². The molecule has 0 aromatic heterocycles. The van der Waals surface area contributed by atoms with Gasteiger partial charge < -0.3 is 9.64 Å². The average Bonchev–Trinajstić information content (AvgIpc) is 3.13. The van der Waals surface area contributed by atoms with Gasteiger partial charge in [0.2, 0.25) is 10.0 Å². The van der Waals surface area contributed by atoms with Crippen LogP contribution in [0.15, 0.2) is 36.4 Å². The van der Waals surface area contributed by atoms with Crippen LogP contribution in [-0.4, -0.2) is 51.3 Å². The van der Waals surface area contributed by atoms with Gasteiger partial charge >= 0.3 is 0 Å². The standard InChI is InChI=1S/C25H35N3O3S/c1-4-31-25-10-6-8-23-21(7-5-9-24(23)25)16-27(2)14-13-19-11-12-20-17-28(18-22(20)15-19)26-32(3,29)30/h6,8,10-12,15,21,26H,4-5,7,9,13-14,16-18H2,1-3H3/t21-/m0/s1. The molecule has 0 fully saturated rings. The van der Waals surface area contributed by atoms with Gasteiger partial charge in [0, 0.05) is 26.2 Å². The summed E-state index contributed by atoms with van der Waals surface area (Å²) in [4.78, 5) is 5.03. The van der Waals surface area contributed by atoms with Crippen molar-refractivity contribution in [1.29, 1.82) is 0 Å². The summed E-state index contributed by atoms with van der Waals surface area (Å²) >= 11 is 0. The number of nitrogens with one attached hydrogen (secondary N) is 1. The van der Waals surface area contributed by atoms with Crippen LogP contribution < -0.4 is 9.57 Å². The van der Waals surface area contributed by atoms with Crippen molar-refractivity contribution in [2.24, 2.45) is 0 Å². The molecule has 2 aromatic rings. The summed E-state index contributed by atoms with van der Waals surface area (Å²) < 4.78 is 28.9. The summed E-state index contributed by atoms with van der Waals surface area (Å²) in [6.07, 6.45) is 5.75. The van der Waals surface area contributed by atoms with E-state index in [0.717, 1.165) is 31.7 Å². The van der Waals surface area contributed by atoms with Crippen molar-refractivity contribution in [3.8, 4) is 5.75 Å². The summed E-state index contributed by atoms with van der Waals surface area (Å²) in [5.41, 5.74) is 6.59. The number of sulfonamides is 1. The second kappa shape index (κ2) is 9.91. The van der Waals surface area contributed by atoms with Crippen LogP contribution >= 0.6 is 0 Å². The number of hydrogen-bond donors (Lipinski definition) is 1. The zero-order valence-corrected chi connectivity index (χ0v) is 20.2. The molecule has 7 heteroatoms. The van der Waals surface area contributed by atoms with E-state index < -0.39 is 10.0 Å². The summed E-state index contributed by atoms with van der Waals surface area (Å²) in [6, 6.07) is 13.1. The minimum Gasteiger partial charge on any atom is -0.494 e. The number of rotatable bonds is 9. The molecular formula is C25H35N3O3S. The maximum absolute atomic E-state index is 11.5. The molecule has 32 heavy (non-hydrogen) atoms. The van der Waals surface area contributed by atoms with E-state index in [1.165, 1.54) is 46.9 Å². The number of fused-ring (bicyclic) bond motifs is 2. The predicted molar refractivity (Wildman–Crippen MR) is 128 cm³/mol. The Kier molecular flexibility index (Phi) is 7.20. The topological polar surface area (TPSA) is 61.9 Å². The molecule has 1 heterocycles. The molecule has 0 spiro atoms. The molecule has 1 N–H and O–H groups in total. The molecule has 174 valence electrons. The normalized spacial score (nSPS) is 18.6. The Morgan fingerprint density at radius 1 is 1.19 bits per heavy atom. The van der Waals surface area contributed by atoms with Gasteiger partial charge in [-0.3, -0.25) is 0 Å². The van der Waals surface area contributed by atoms with E-state index in [-0.39, 0.29) is 0 Å². The Balaban J connectivity index is 1.34. The highest BCUT2D eigenvalue weighted by molar-refractivity contribution is 7.88. The van der Waals surface area contributed by atoms with Crippen LogP contribution in [-0.2, 0) is 36.0 Å². The number of hydrogen-bond acceptors (Lipinski definition) is 5. The molecule has 0 unspecified atom stereocenters. The molecule has 0 radical (unpaired) electrons. The van der Waals surface area contributed by atoms with Gasteiger partial charge in [-0.1, -0.05) is 30.3 Å². The second-order valence-corrected chi connectivity index (χ2v) is 10.9. The summed E-state index contributed by atoms with van der Waals surface area (Å²) in [6.45, 7) is 6.05. The third kappa shape index (κ3) is 5.70. The van der Waals surface area contributed by atoms with Gasteiger partial charge in [0.05, 0.1) is 12.9 Å². The highest BCUT2D eigenvalue weighted by Gasteiger charge is 2.24. The lowest BCUT2D eigenvalue weighted by atomic mass is 9.82. The van der Waals surface area contributed by atoms with Crippen LogP contribution in [0, 0.1) is 0 Å². The Morgan fingerprint density at radius 3 is 2.78 bits per heavy atom. The van der Waals surface area contributed by atoms with E-state index >= 15 is 0 Å². The summed E-state index contributed by atoms with van der Waals surface area (Å²) in [7, 11) is -1.02. The predicted octanol–water partition coefficient (Wildman–Crippen LogP) is 3.46. The summed E-state index contributed by atoms with van der Waals surface area (Å²) in [5, 5.41) is 1.76. The fraction of sp³-hybridized carbons (Fsp3) is 0.520. The van der Waals surface area contributed by atoms with Gasteiger partial charge in [0.15, 0.2) is 0 Å². The highest BCUT2D eigenvalue weighted by atomic mass is 32.2. The Morgan fingerprint density at radius 2 is 2.00 bits per heavy atom. The van der Waals surface area contributed by atoms with Gasteiger partial charge in [-0.15, -0.1) is 4.83 Å². The van der Waals surface area contributed by atoms with Crippen LogP contribution in [0.4, 0.5) is 0 Å². The molecule has 1 atom stereocenters. The first-order valence-corrected chi connectivity index (χ1v) is 13.5. The average molecular weight is 458 g/mol. The lowest BCUT2D eigenvalue weighted by molar-refractivity contribution is 0.249. The zero-order valence-electron chi connectivity index (χ0n) is 19.4. The molecule has 1 aliphatic carbocycles. The van der Waals surface area contributed by atoms with Crippen molar-refractivity contribution in [2.45, 2.75) is 51.6 Å². The van der Waals surface area contributed by atoms with Crippen LogP contribution in [0.2, 0.25) is 0 Å². The van der Waals surface area contributed by atoms with E-state index in [0.29, 0.717) is 25.6 Å². The highest BCUT2D eigenvalue weighted by Crippen LogP contribution is 2.37. The molecule has 6 nitrogen and oxygen atoms in total. The number of benzene rings is 2. The molecule has 0 saturated heterocycles. The van der Waals surface area contributed by atoms with Crippen molar-refractivity contribution in [3.63, 3.8) is 0 Å². The largest absolute Gasteiger partial charge is 0.494 e. The number of likely N-dealkylation sites (N-methyl/N-ethyl adjacent to an activating group) is 1. The minimum absolute atomic E-state index is 0.555. The van der Waals surface area contributed by atoms with Crippen LogP contribution in [0.5, 0.6) is 5.75 Å². The Hall–Kier alpha value is -1.93. The molecule has 4 rings (SSSR count). The first-order chi connectivity index (χ1) is 15.3. The lowest BCUT2D eigenvalue weighted by Crippen LogP contribution is -2.37. The number of hydrazine groups is 1. The quantitative estimate of drug-likeness (QED) is 0.625. The lowest BCUT2D eigenvalue weighted by Gasteiger charge is -2.30. The van der Waals surface area contributed by atoms with Gasteiger partial charge in [0.1, 0.15) is 5.75 Å². The van der Waals surface area contributed by atoms with Crippen molar-refractivity contribution in [1.82, 2.24) is 14.7 Å². The first-order valence-electron chi connectivity index (χ1n) is 11.6. The third-order valence-electron chi connectivity index (χ3n) is 6.49. The van der Waals surface area contributed by atoms with E-state index in [4.69, 9.17) is 4.74 Å². The molecule has 0 saturated carbocycles. The van der Waals surface area contributed by atoms with Gasteiger partial charge in [0.25, 0.3) is 0 Å². The molecule has 2 aromatic carbocycles. The summed E-state index contributed by atoms with van der Waals surface area (Å²) in [5.74, 6) is 1.62. The van der Waals surface area contributed by atoms with Crippen LogP contribution in [0.25, 0.3) is 0 Å². The Bertz CT molecular complexity index is 1050. The van der Waals surface area contributed by atoms with E-state index in [9.17, 15) is 8.42 Å². The molecule has 1 aliphatic heterocycles. The maximum Gasteiger partial charge on any atom is 0.221 e. The van der Waals surface area contributed by atoms with Crippen molar-refractivity contribution in [2.75, 3.05) is 33.0 Å². The molecule has 0 amide bonds. The van der Waals surface area contributed by atoms with Crippen molar-refractivity contribution >= 4 is 10.0 Å². The van der Waals surface area contributed by atoms with Crippen LogP contribution in [0.1, 0.15) is 53.5 Å². The minimum atomic E-state index is -3.24. The second-order valence-electron chi connectivity index (χ2n) is 9.18. The van der Waals surface area contributed by atoms with Crippen molar-refractivity contribution in [3.05, 3.63) is 64.2 Å². The smallest absolute Gasteiger partial charge is 0.221 e. The fourth-order valence-corrected chi connectivity index (χ4v) is 5.68. The Labute approximate surface area is 192 Å². The molecule has 2 aliphatic rings. The van der Waals surface area contributed by atoms with E-state index in [2.05, 4.69) is 53.2 Å². The zero-order chi connectivity index (χ0) is 22.7. The SMILES string of the molecule is CCOc1cccc2c1CCC[C@H]2CN(C)CCc1ccc2c(c1)CN(NS(C)(=O)=O)C2. The van der Waals surface area contributed by atoms with E-state index in [1.807, 2.05) is 6.92 Å². The first kappa shape index (κ1) is 23.2. The molecular weight excluding hydrogens is 422 g/mol. The van der Waals surface area contributed by atoms with Crippen LogP contribution in [0.3, 0.4) is 0 Å². The molecule has 0 bridgehead atoms. The number of ether oxygens (including phenoxy) is 1. The fourth-order valence-electron chi connectivity index (χ4n) is 5.08. The van der Waals surface area contributed by atoms with Gasteiger partial charge in [-0.25, -0.2) is 13.4 Å². The maximum atomic E-state index is 11.5.